The van der Waals surface area contributed by atoms with Crippen molar-refractivity contribution < 1.29 is 39.3 Å². The number of carbonyl (C=O) groups excluding carboxylic acids is 4. The monoisotopic (exact) mass is 696 g/mol. The molecule has 4 aliphatic rings. The van der Waals surface area contributed by atoms with Crippen LogP contribution >= 0.6 is 50.7 Å². The number of halogens is 4. The second kappa shape index (κ2) is 9.70. The van der Waals surface area contributed by atoms with Gasteiger partial charge in [-0.1, -0.05) is 45.2 Å². The summed E-state index contributed by atoms with van der Waals surface area (Å²) in [6.45, 7) is 0. The van der Waals surface area contributed by atoms with Gasteiger partial charge in [-0.15, -0.1) is 23.2 Å². The highest BCUT2D eigenvalue weighted by atomic mass is 79.9. The molecule has 6 unspecified atom stereocenters. The molecule has 3 fully saturated rings. The highest BCUT2D eigenvalue weighted by Crippen LogP contribution is 2.66. The Morgan fingerprint density at radius 2 is 1.71 bits per heavy atom. The van der Waals surface area contributed by atoms with Crippen LogP contribution < -0.4 is 4.90 Å². The molecule has 2 aromatic rings. The van der Waals surface area contributed by atoms with Gasteiger partial charge in [0, 0.05) is 17.0 Å². The van der Waals surface area contributed by atoms with Crippen molar-refractivity contribution in [3.05, 3.63) is 64.2 Å². The van der Waals surface area contributed by atoms with E-state index in [0.717, 1.165) is 21.9 Å². The Hall–Kier alpha value is -3.12. The second-order valence-electron chi connectivity index (χ2n) is 10.7. The summed E-state index contributed by atoms with van der Waals surface area (Å²) in [5.41, 5.74) is 0.232. The topological polar surface area (TPSA) is 153 Å². The Kier molecular flexibility index (Phi) is 6.69. The maximum Gasteiger partial charge on any atom is 0.339 e. The number of allylic oxidation sites excluding steroid dienone is 2. The van der Waals surface area contributed by atoms with E-state index in [0.29, 0.717) is 11.1 Å². The Bertz CT molecular complexity index is 1670. The molecule has 3 N–H and O–H groups in total. The van der Waals surface area contributed by atoms with Gasteiger partial charge in [-0.05, 0) is 48.6 Å². The Morgan fingerprint density at radius 3 is 2.33 bits per heavy atom. The normalized spacial score (nSPS) is 32.0. The van der Waals surface area contributed by atoms with E-state index < -0.39 is 74.3 Å². The number of alkyl halides is 3. The molecule has 10 nitrogen and oxygen atoms in total. The number of aromatic hydroxyl groups is 2. The zero-order chi connectivity index (χ0) is 30.5. The maximum absolute atomic E-state index is 14.0. The number of amides is 4. The number of carbonyl (C=O) groups is 5. The zero-order valence-corrected chi connectivity index (χ0v) is 25.1. The van der Waals surface area contributed by atoms with Crippen molar-refractivity contribution in [2.24, 2.45) is 17.8 Å². The van der Waals surface area contributed by atoms with Gasteiger partial charge >= 0.3 is 5.97 Å². The lowest BCUT2D eigenvalue weighted by molar-refractivity contribution is -0.138. The number of benzene rings is 2. The minimum Gasteiger partial charge on any atom is -0.508 e. The summed E-state index contributed by atoms with van der Waals surface area (Å²) < 4.78 is 0. The third-order valence-electron chi connectivity index (χ3n) is 8.78. The van der Waals surface area contributed by atoms with Crippen molar-refractivity contribution in [3.63, 3.8) is 0 Å². The molecular weight excluding hydrogens is 679 g/mol. The van der Waals surface area contributed by atoms with E-state index in [2.05, 4.69) is 15.9 Å². The van der Waals surface area contributed by atoms with Crippen LogP contribution in [0, 0.1) is 17.8 Å². The van der Waals surface area contributed by atoms with Crippen LogP contribution in [0.3, 0.4) is 0 Å². The smallest absolute Gasteiger partial charge is 0.339 e. The largest absolute Gasteiger partial charge is 0.508 e. The predicted molar refractivity (Wildman–Crippen MR) is 154 cm³/mol. The number of nitrogens with zero attached hydrogens (tertiary/aromatic N) is 2. The lowest BCUT2D eigenvalue weighted by atomic mass is 9.56. The highest BCUT2D eigenvalue weighted by Gasteiger charge is 2.76. The van der Waals surface area contributed by atoms with Gasteiger partial charge in [-0.25, -0.2) is 9.69 Å². The number of carboxylic acid groups (broad SMARTS) is 1. The van der Waals surface area contributed by atoms with Crippen LogP contribution in [-0.4, -0.2) is 65.0 Å². The molecule has 0 radical (unpaired) electrons. The van der Waals surface area contributed by atoms with E-state index in [1.165, 1.54) is 24.3 Å². The van der Waals surface area contributed by atoms with E-state index in [-0.39, 0.29) is 34.8 Å². The second-order valence-corrected chi connectivity index (χ2v) is 12.9. The molecule has 2 aromatic carbocycles. The van der Waals surface area contributed by atoms with Gasteiger partial charge < -0.3 is 15.3 Å². The molecule has 2 heterocycles. The summed E-state index contributed by atoms with van der Waals surface area (Å²) in [5.74, 6) is -8.62. The number of fused-ring (bicyclic) bond motifs is 4. The first kappa shape index (κ1) is 29.0. The number of carboxylic acids is 1. The van der Waals surface area contributed by atoms with Crippen molar-refractivity contribution in [2.75, 3.05) is 10.4 Å². The lowest BCUT2D eigenvalue weighted by Gasteiger charge is -2.51. The van der Waals surface area contributed by atoms with E-state index in [4.69, 9.17) is 34.8 Å². The Labute approximate surface area is 261 Å². The van der Waals surface area contributed by atoms with Crippen LogP contribution in [0.2, 0.25) is 5.02 Å². The molecule has 218 valence electrons. The maximum atomic E-state index is 14.0. The number of anilines is 1. The number of phenols is 2. The average molecular weight is 699 g/mol. The molecule has 6 atom stereocenters. The fraction of sp³-hybridized carbons (Fsp3) is 0.321. The van der Waals surface area contributed by atoms with Crippen molar-refractivity contribution in [1.29, 1.82) is 0 Å². The van der Waals surface area contributed by atoms with E-state index in [1.807, 2.05) is 0 Å². The van der Waals surface area contributed by atoms with Crippen LogP contribution in [0.1, 0.15) is 34.7 Å². The first-order chi connectivity index (χ1) is 19.8. The molecule has 0 bridgehead atoms. The number of hydrogen-bond acceptors (Lipinski definition) is 7. The SMILES string of the molecule is O=C(O)c1ccc(N2C(=O)C3CC=C4C(CC5(Cl)C(=O)N(CBr)C(=O)C5(Cl)C4c4ccc(O)cc4Cl)C3C2=O)cc1O. The number of rotatable bonds is 4. The standard InChI is InChI=1S/C28H20BrCl3N2O8/c29-10-33-25(41)27(31)9-17-13(21(28(27,32)26(33)42)14-4-2-12(35)8-18(14)30)5-6-16-20(17)23(38)34(22(16)37)11-1-3-15(24(39)40)19(36)7-11/h1-5,7-8,16-17,20-21,35-36H,6,9-10H2,(H,39,40). The summed E-state index contributed by atoms with van der Waals surface area (Å²) in [7, 11) is 0. The summed E-state index contributed by atoms with van der Waals surface area (Å²) in [4.78, 5) is 64.2. The molecule has 4 amide bonds. The average Bonchev–Trinajstić information content (AvgIpc) is 3.27. The van der Waals surface area contributed by atoms with E-state index in [1.54, 1.807) is 6.08 Å². The molecular formula is C28H20BrCl3N2O8. The molecule has 14 heteroatoms. The summed E-state index contributed by atoms with van der Waals surface area (Å²) in [5, 5.41) is 29.6. The van der Waals surface area contributed by atoms with Gasteiger partial charge in [0.1, 0.15) is 17.1 Å². The first-order valence-electron chi connectivity index (χ1n) is 12.7. The number of imide groups is 2. The van der Waals surface area contributed by atoms with Crippen molar-refractivity contribution in [1.82, 2.24) is 4.90 Å². The first-order valence-corrected chi connectivity index (χ1v) is 15.0. The van der Waals surface area contributed by atoms with Crippen molar-refractivity contribution in [3.8, 4) is 11.5 Å². The van der Waals surface area contributed by atoms with Gasteiger partial charge in [0.05, 0.1) is 23.0 Å². The summed E-state index contributed by atoms with van der Waals surface area (Å²) in [6, 6.07) is 7.49. The summed E-state index contributed by atoms with van der Waals surface area (Å²) in [6.07, 6.45) is 1.59. The van der Waals surface area contributed by atoms with Crippen LogP contribution in [0.4, 0.5) is 5.69 Å². The summed E-state index contributed by atoms with van der Waals surface area (Å²) >= 11 is 24.0. The highest BCUT2D eigenvalue weighted by molar-refractivity contribution is 9.09. The minimum atomic E-state index is -2.04. The third kappa shape index (κ3) is 3.66. The van der Waals surface area contributed by atoms with Crippen molar-refractivity contribution >= 4 is 86.0 Å². The molecule has 0 aromatic heterocycles. The molecule has 6 rings (SSSR count). The van der Waals surface area contributed by atoms with Crippen LogP contribution in [0.15, 0.2) is 48.0 Å². The fourth-order valence-corrected chi connectivity index (χ4v) is 8.64. The van der Waals surface area contributed by atoms with Gasteiger partial charge in [0.2, 0.25) is 11.8 Å². The third-order valence-corrected chi connectivity index (χ3v) is 11.0. The van der Waals surface area contributed by atoms with Gasteiger partial charge in [-0.2, -0.15) is 0 Å². The Balaban J connectivity index is 1.50. The Morgan fingerprint density at radius 1 is 1.00 bits per heavy atom. The minimum absolute atomic E-state index is 0.0118. The fourth-order valence-electron chi connectivity index (χ4n) is 6.94. The van der Waals surface area contributed by atoms with Gasteiger partial charge in [-0.3, -0.25) is 24.1 Å². The lowest BCUT2D eigenvalue weighted by Crippen LogP contribution is -2.60. The molecule has 42 heavy (non-hydrogen) atoms. The molecule has 0 spiro atoms. The predicted octanol–water partition coefficient (Wildman–Crippen LogP) is 4.37. The number of hydrogen-bond donors (Lipinski definition) is 3. The zero-order valence-electron chi connectivity index (χ0n) is 21.3. The quantitative estimate of drug-likeness (QED) is 0.184. The number of phenolic OH excluding ortho intramolecular Hbond substituents is 1. The van der Waals surface area contributed by atoms with E-state index in [9.17, 15) is 39.3 Å². The van der Waals surface area contributed by atoms with Crippen molar-refractivity contribution in [2.45, 2.75) is 28.5 Å². The number of likely N-dealkylation sites (tertiary alicyclic amines) is 1. The van der Waals surface area contributed by atoms with Crippen LogP contribution in [0.5, 0.6) is 11.5 Å². The van der Waals surface area contributed by atoms with E-state index >= 15 is 0 Å². The number of aromatic carboxylic acids is 1. The van der Waals surface area contributed by atoms with Crippen LogP contribution in [0.25, 0.3) is 0 Å². The molecule has 2 aliphatic carbocycles. The molecule has 1 saturated carbocycles. The van der Waals surface area contributed by atoms with Gasteiger partial charge in [0.25, 0.3) is 11.8 Å². The van der Waals surface area contributed by atoms with Gasteiger partial charge in [0.15, 0.2) is 9.75 Å². The van der Waals surface area contributed by atoms with Crippen LogP contribution in [-0.2, 0) is 19.2 Å². The molecule has 2 aliphatic heterocycles. The molecule has 2 saturated heterocycles.